The van der Waals surface area contributed by atoms with Crippen molar-refractivity contribution in [3.63, 3.8) is 0 Å². The van der Waals surface area contributed by atoms with Crippen molar-refractivity contribution in [3.8, 4) is 0 Å². The molecule has 1 saturated heterocycles. The first-order valence-corrected chi connectivity index (χ1v) is 5.72. The number of nitrogens with zero attached hydrogens (tertiary/aromatic N) is 3. The fourth-order valence-corrected chi connectivity index (χ4v) is 2.09. The lowest BCUT2D eigenvalue weighted by molar-refractivity contribution is -0.119. The molecule has 0 aromatic carbocycles. The van der Waals surface area contributed by atoms with Gasteiger partial charge in [-0.3, -0.25) is 4.79 Å². The average molecular weight is 250 g/mol. The molecule has 0 spiro atoms. The van der Waals surface area contributed by atoms with Crippen molar-refractivity contribution >= 4 is 17.7 Å². The molecule has 1 atom stereocenters. The van der Waals surface area contributed by atoms with Crippen molar-refractivity contribution in [2.45, 2.75) is 25.3 Å². The third-order valence-electron chi connectivity index (χ3n) is 3.00. The zero-order chi connectivity index (χ0) is 13.1. The number of nitrogens with two attached hydrogens (primary N) is 1. The van der Waals surface area contributed by atoms with E-state index in [1.54, 1.807) is 11.0 Å². The first-order chi connectivity index (χ1) is 8.59. The monoisotopic (exact) mass is 250 g/mol. The third kappa shape index (κ3) is 2.39. The van der Waals surface area contributed by atoms with E-state index in [0.717, 1.165) is 12.8 Å². The van der Waals surface area contributed by atoms with Crippen molar-refractivity contribution in [1.82, 2.24) is 10.2 Å². The molecular formula is C11H14N4O3. The van der Waals surface area contributed by atoms with Gasteiger partial charge in [0.15, 0.2) is 11.5 Å². The number of anilines is 1. The van der Waals surface area contributed by atoms with Gasteiger partial charge in [0.25, 0.3) is 0 Å². The van der Waals surface area contributed by atoms with Crippen molar-refractivity contribution in [3.05, 3.63) is 17.8 Å². The van der Waals surface area contributed by atoms with E-state index in [1.165, 1.54) is 6.07 Å². The lowest BCUT2D eigenvalue weighted by Crippen LogP contribution is -2.48. The van der Waals surface area contributed by atoms with Gasteiger partial charge < -0.3 is 15.7 Å². The van der Waals surface area contributed by atoms with Crippen molar-refractivity contribution in [2.24, 2.45) is 5.73 Å². The predicted molar refractivity (Wildman–Crippen MR) is 63.2 cm³/mol. The van der Waals surface area contributed by atoms with E-state index in [0.29, 0.717) is 18.8 Å². The van der Waals surface area contributed by atoms with Crippen molar-refractivity contribution < 1.29 is 14.7 Å². The van der Waals surface area contributed by atoms with Crippen LogP contribution in [0, 0.1) is 0 Å². The number of carbonyl (C=O) groups is 2. The number of carbonyl (C=O) groups excluding carboxylic acids is 1. The molecule has 1 aromatic rings. The van der Waals surface area contributed by atoms with Crippen LogP contribution in [-0.4, -0.2) is 39.8 Å². The normalized spacial score (nSPS) is 19.6. The molecule has 1 fully saturated rings. The maximum absolute atomic E-state index is 11.4. The van der Waals surface area contributed by atoms with Crippen LogP contribution in [0.2, 0.25) is 0 Å². The summed E-state index contributed by atoms with van der Waals surface area (Å²) < 4.78 is 0. The van der Waals surface area contributed by atoms with Crippen molar-refractivity contribution in [2.75, 3.05) is 11.4 Å². The average Bonchev–Trinajstić information content (AvgIpc) is 2.39. The quantitative estimate of drug-likeness (QED) is 0.782. The number of carboxylic acids is 1. The highest BCUT2D eigenvalue weighted by atomic mass is 16.4. The Morgan fingerprint density at radius 2 is 2.11 bits per heavy atom. The number of hydrogen-bond acceptors (Lipinski definition) is 5. The Labute approximate surface area is 104 Å². The highest BCUT2D eigenvalue weighted by molar-refractivity contribution is 5.85. The molecule has 1 aliphatic heterocycles. The minimum absolute atomic E-state index is 0.119. The van der Waals surface area contributed by atoms with Gasteiger partial charge in [-0.1, -0.05) is 0 Å². The summed E-state index contributed by atoms with van der Waals surface area (Å²) in [7, 11) is 0. The van der Waals surface area contributed by atoms with Crippen LogP contribution in [0.4, 0.5) is 5.82 Å². The van der Waals surface area contributed by atoms with E-state index in [2.05, 4.69) is 10.2 Å². The van der Waals surface area contributed by atoms with Crippen LogP contribution in [0.5, 0.6) is 0 Å². The lowest BCUT2D eigenvalue weighted by atomic mass is 10.0. The van der Waals surface area contributed by atoms with E-state index < -0.39 is 5.97 Å². The van der Waals surface area contributed by atoms with Gasteiger partial charge in [-0.2, -0.15) is 0 Å². The molecule has 1 aromatic heterocycles. The van der Waals surface area contributed by atoms with Gasteiger partial charge in [-0.25, -0.2) is 4.79 Å². The van der Waals surface area contributed by atoms with Gasteiger partial charge in [0.1, 0.15) is 6.04 Å². The predicted octanol–water partition coefficient (Wildman–Crippen LogP) is 0.0190. The second-order valence-electron chi connectivity index (χ2n) is 4.19. The second kappa shape index (κ2) is 4.99. The van der Waals surface area contributed by atoms with E-state index >= 15 is 0 Å². The Balaban J connectivity index is 2.23. The number of primary amides is 1. The smallest absolute Gasteiger partial charge is 0.356 e. The van der Waals surface area contributed by atoms with Gasteiger partial charge >= 0.3 is 5.97 Å². The number of rotatable bonds is 3. The second-order valence-corrected chi connectivity index (χ2v) is 4.19. The zero-order valence-corrected chi connectivity index (χ0v) is 9.74. The van der Waals surface area contributed by atoms with Gasteiger partial charge in [0, 0.05) is 6.54 Å². The number of hydrogen-bond donors (Lipinski definition) is 2. The molecule has 2 heterocycles. The van der Waals surface area contributed by atoms with Gasteiger partial charge in [-0.15, -0.1) is 10.2 Å². The minimum Gasteiger partial charge on any atom is -0.476 e. The molecule has 0 saturated carbocycles. The Hall–Kier alpha value is -2.18. The molecule has 18 heavy (non-hydrogen) atoms. The summed E-state index contributed by atoms with van der Waals surface area (Å²) in [6, 6.07) is 2.54. The molecule has 0 bridgehead atoms. The van der Waals surface area contributed by atoms with Gasteiger partial charge in [0.05, 0.1) is 0 Å². The highest BCUT2D eigenvalue weighted by Gasteiger charge is 2.28. The van der Waals surface area contributed by atoms with Crippen LogP contribution < -0.4 is 10.6 Å². The fraction of sp³-hybridized carbons (Fsp3) is 0.455. The van der Waals surface area contributed by atoms with Crippen LogP contribution in [-0.2, 0) is 4.79 Å². The Morgan fingerprint density at radius 1 is 1.33 bits per heavy atom. The third-order valence-corrected chi connectivity index (χ3v) is 3.00. The molecule has 7 heteroatoms. The Morgan fingerprint density at radius 3 is 2.67 bits per heavy atom. The number of aromatic nitrogens is 2. The van der Waals surface area contributed by atoms with Crippen molar-refractivity contribution in [1.29, 1.82) is 0 Å². The van der Waals surface area contributed by atoms with E-state index in [-0.39, 0.29) is 17.6 Å². The first kappa shape index (κ1) is 12.3. The molecule has 96 valence electrons. The van der Waals surface area contributed by atoms with Crippen LogP contribution in [0.3, 0.4) is 0 Å². The molecule has 0 aliphatic carbocycles. The van der Waals surface area contributed by atoms with Crippen LogP contribution in [0.1, 0.15) is 29.8 Å². The molecule has 1 unspecified atom stereocenters. The van der Waals surface area contributed by atoms with E-state index in [1.807, 2.05) is 0 Å². The number of amides is 1. The fourth-order valence-electron chi connectivity index (χ4n) is 2.09. The topological polar surface area (TPSA) is 109 Å². The molecule has 3 N–H and O–H groups in total. The summed E-state index contributed by atoms with van der Waals surface area (Å²) in [5.74, 6) is -1.03. The van der Waals surface area contributed by atoms with Crippen LogP contribution in [0.15, 0.2) is 12.1 Å². The molecule has 1 aliphatic rings. The highest BCUT2D eigenvalue weighted by Crippen LogP contribution is 2.22. The SMILES string of the molecule is NC(=O)C1CCCCN1c1ccc(C(=O)O)nn1. The largest absolute Gasteiger partial charge is 0.476 e. The molecule has 0 radical (unpaired) electrons. The minimum atomic E-state index is -1.13. The molecule has 1 amide bonds. The summed E-state index contributed by atoms with van der Waals surface area (Å²) in [6.07, 6.45) is 2.59. The Bertz CT molecular complexity index is 460. The summed E-state index contributed by atoms with van der Waals surface area (Å²) >= 11 is 0. The lowest BCUT2D eigenvalue weighted by Gasteiger charge is -2.34. The molecular weight excluding hydrogens is 236 g/mol. The van der Waals surface area contributed by atoms with Crippen LogP contribution in [0.25, 0.3) is 0 Å². The zero-order valence-electron chi connectivity index (χ0n) is 9.74. The van der Waals surface area contributed by atoms with Crippen LogP contribution >= 0.6 is 0 Å². The van der Waals surface area contributed by atoms with Gasteiger partial charge in [0.2, 0.25) is 5.91 Å². The molecule has 2 rings (SSSR count). The summed E-state index contributed by atoms with van der Waals surface area (Å²) in [5.41, 5.74) is 5.23. The maximum Gasteiger partial charge on any atom is 0.356 e. The maximum atomic E-state index is 11.4. The first-order valence-electron chi connectivity index (χ1n) is 5.72. The Kier molecular flexibility index (Phi) is 3.40. The summed E-state index contributed by atoms with van der Waals surface area (Å²) in [4.78, 5) is 23.8. The number of aromatic carboxylic acids is 1. The summed E-state index contributed by atoms with van der Waals surface area (Å²) in [5, 5.41) is 16.2. The van der Waals surface area contributed by atoms with E-state index in [9.17, 15) is 9.59 Å². The number of piperidine rings is 1. The standard InChI is InChI=1S/C11H14N4O3/c12-10(16)8-3-1-2-6-15(8)9-5-4-7(11(17)18)13-14-9/h4-5,8H,1-3,6H2,(H2,12,16)(H,17,18). The van der Waals surface area contributed by atoms with E-state index in [4.69, 9.17) is 10.8 Å². The molecule has 7 nitrogen and oxygen atoms in total. The summed E-state index contributed by atoms with van der Waals surface area (Å²) in [6.45, 7) is 0.675. The van der Waals surface area contributed by atoms with Gasteiger partial charge in [-0.05, 0) is 31.4 Å². The number of carboxylic acid groups (broad SMARTS) is 1.